The molecule has 168 valence electrons. The summed E-state index contributed by atoms with van der Waals surface area (Å²) < 4.78 is 45.6. The fourth-order valence-electron chi connectivity index (χ4n) is 3.01. The number of nitrogen functional groups attached to an aromatic ring is 1. The molecule has 32 heavy (non-hydrogen) atoms. The molecule has 0 aliphatic rings. The number of nitrogens with two attached hydrogens (primary N) is 1. The minimum Gasteiger partial charge on any atom is -0.494 e. The van der Waals surface area contributed by atoms with Gasteiger partial charge in [-0.3, -0.25) is 9.59 Å². The van der Waals surface area contributed by atoms with Crippen molar-refractivity contribution in [1.29, 1.82) is 0 Å². The van der Waals surface area contributed by atoms with E-state index < -0.39 is 29.2 Å². The van der Waals surface area contributed by atoms with Crippen LogP contribution in [0.25, 0.3) is 5.69 Å². The van der Waals surface area contributed by atoms with E-state index in [1.165, 1.54) is 25.1 Å². The molecule has 0 saturated carbocycles. The Labute approximate surface area is 181 Å². The molecule has 1 heterocycles. The van der Waals surface area contributed by atoms with E-state index in [0.717, 1.165) is 16.8 Å². The van der Waals surface area contributed by atoms with Crippen molar-refractivity contribution >= 4 is 11.6 Å². The van der Waals surface area contributed by atoms with Crippen molar-refractivity contribution in [2.24, 2.45) is 0 Å². The predicted molar refractivity (Wildman–Crippen MR) is 113 cm³/mol. The van der Waals surface area contributed by atoms with Crippen molar-refractivity contribution in [1.82, 2.24) is 15.1 Å². The Kier molecular flexibility index (Phi) is 6.52. The standard InChI is InChI=1S/C22H21F3N4O3/c1-3-32-18-6-4-17(5-7-18)29-20(30)9-8-19(28-29)21(31)27-13(2)14-10-15(22(23,24)25)12-16(26)11-14/h4-13H,3,26H2,1-2H3,(H,27,31)/t13-/m1/s1. The maximum Gasteiger partial charge on any atom is 0.416 e. The summed E-state index contributed by atoms with van der Waals surface area (Å²) in [5, 5.41) is 6.67. The lowest BCUT2D eigenvalue weighted by Crippen LogP contribution is -2.30. The van der Waals surface area contributed by atoms with Gasteiger partial charge in [0.1, 0.15) is 11.4 Å². The third-order valence-corrected chi connectivity index (χ3v) is 4.58. The van der Waals surface area contributed by atoms with Crippen LogP contribution in [-0.4, -0.2) is 22.3 Å². The summed E-state index contributed by atoms with van der Waals surface area (Å²) in [7, 11) is 0. The number of hydrogen-bond donors (Lipinski definition) is 2. The Morgan fingerprint density at radius 1 is 1.16 bits per heavy atom. The van der Waals surface area contributed by atoms with Gasteiger partial charge >= 0.3 is 6.18 Å². The van der Waals surface area contributed by atoms with E-state index in [1.807, 2.05) is 6.92 Å². The Morgan fingerprint density at radius 3 is 2.47 bits per heavy atom. The number of rotatable bonds is 6. The third kappa shape index (κ3) is 5.26. The molecule has 0 saturated heterocycles. The number of amides is 1. The second-order valence-corrected chi connectivity index (χ2v) is 6.98. The van der Waals surface area contributed by atoms with Gasteiger partial charge in [0.2, 0.25) is 0 Å². The number of nitrogens with one attached hydrogen (secondary N) is 1. The molecule has 3 rings (SSSR count). The van der Waals surface area contributed by atoms with Crippen LogP contribution in [0.3, 0.4) is 0 Å². The molecule has 1 aromatic heterocycles. The van der Waals surface area contributed by atoms with Crippen LogP contribution in [0.15, 0.2) is 59.4 Å². The van der Waals surface area contributed by atoms with Crippen molar-refractivity contribution in [2.75, 3.05) is 12.3 Å². The van der Waals surface area contributed by atoms with Crippen LogP contribution >= 0.6 is 0 Å². The minimum atomic E-state index is -4.57. The van der Waals surface area contributed by atoms with Crippen LogP contribution in [0.1, 0.15) is 41.5 Å². The molecular weight excluding hydrogens is 425 g/mol. The summed E-state index contributed by atoms with van der Waals surface area (Å²) in [6.07, 6.45) is -4.57. The van der Waals surface area contributed by atoms with E-state index >= 15 is 0 Å². The van der Waals surface area contributed by atoms with E-state index in [2.05, 4.69) is 10.4 Å². The number of carbonyl (C=O) groups is 1. The largest absolute Gasteiger partial charge is 0.494 e. The Morgan fingerprint density at radius 2 is 1.84 bits per heavy atom. The van der Waals surface area contributed by atoms with Gasteiger partial charge < -0.3 is 15.8 Å². The highest BCUT2D eigenvalue weighted by Gasteiger charge is 2.31. The predicted octanol–water partition coefficient (Wildman–Crippen LogP) is 3.72. The Hall–Kier alpha value is -3.82. The smallest absolute Gasteiger partial charge is 0.416 e. The van der Waals surface area contributed by atoms with Crippen LogP contribution in [0.5, 0.6) is 5.75 Å². The molecule has 3 aromatic rings. The van der Waals surface area contributed by atoms with Gasteiger partial charge in [-0.2, -0.15) is 23.0 Å². The van der Waals surface area contributed by atoms with E-state index in [4.69, 9.17) is 10.5 Å². The van der Waals surface area contributed by atoms with Gasteiger partial charge in [0.25, 0.3) is 11.5 Å². The number of aromatic nitrogens is 2. The topological polar surface area (TPSA) is 99.2 Å². The SMILES string of the molecule is CCOc1ccc(-n2nc(C(=O)N[C@H](C)c3cc(N)cc(C(F)(F)F)c3)ccc2=O)cc1. The molecule has 0 aliphatic heterocycles. The van der Waals surface area contributed by atoms with E-state index in [1.54, 1.807) is 24.3 Å². The van der Waals surface area contributed by atoms with Crippen LogP contribution in [0.4, 0.5) is 18.9 Å². The first kappa shape index (κ1) is 22.9. The lowest BCUT2D eigenvalue weighted by Gasteiger charge is -2.17. The van der Waals surface area contributed by atoms with Crippen LogP contribution in [0.2, 0.25) is 0 Å². The van der Waals surface area contributed by atoms with Gasteiger partial charge in [-0.25, -0.2) is 0 Å². The third-order valence-electron chi connectivity index (χ3n) is 4.58. The molecule has 0 spiro atoms. The first-order valence-electron chi connectivity index (χ1n) is 9.70. The average Bonchev–Trinajstić information content (AvgIpc) is 2.74. The second kappa shape index (κ2) is 9.13. The number of halogens is 3. The summed E-state index contributed by atoms with van der Waals surface area (Å²) in [5.41, 5.74) is 4.69. The summed E-state index contributed by atoms with van der Waals surface area (Å²) in [4.78, 5) is 24.9. The normalized spacial score (nSPS) is 12.3. The fourth-order valence-corrected chi connectivity index (χ4v) is 3.01. The highest BCUT2D eigenvalue weighted by Crippen LogP contribution is 2.32. The van der Waals surface area contributed by atoms with Crippen LogP contribution < -0.4 is 21.3 Å². The number of carbonyl (C=O) groups excluding carboxylic acids is 1. The first-order chi connectivity index (χ1) is 15.1. The van der Waals surface area contributed by atoms with Gasteiger partial charge in [-0.15, -0.1) is 0 Å². The summed E-state index contributed by atoms with van der Waals surface area (Å²) in [5.74, 6) is -0.0412. The van der Waals surface area contributed by atoms with Gasteiger partial charge in [0.05, 0.1) is 23.9 Å². The minimum absolute atomic E-state index is 0.0712. The van der Waals surface area contributed by atoms with Crippen molar-refractivity contribution in [2.45, 2.75) is 26.1 Å². The molecule has 1 amide bonds. The van der Waals surface area contributed by atoms with Crippen molar-refractivity contribution in [3.8, 4) is 11.4 Å². The first-order valence-corrected chi connectivity index (χ1v) is 9.70. The van der Waals surface area contributed by atoms with E-state index in [9.17, 15) is 22.8 Å². The zero-order valence-corrected chi connectivity index (χ0v) is 17.3. The molecule has 0 fully saturated rings. The Balaban J connectivity index is 1.83. The summed E-state index contributed by atoms with van der Waals surface area (Å²) in [6.45, 7) is 3.86. The average molecular weight is 446 g/mol. The fraction of sp³-hybridized carbons (Fsp3) is 0.227. The molecule has 7 nitrogen and oxygen atoms in total. The highest BCUT2D eigenvalue weighted by molar-refractivity contribution is 5.92. The number of anilines is 1. The number of alkyl halides is 3. The highest BCUT2D eigenvalue weighted by atomic mass is 19.4. The monoisotopic (exact) mass is 446 g/mol. The molecule has 0 unspecified atom stereocenters. The lowest BCUT2D eigenvalue weighted by molar-refractivity contribution is -0.137. The zero-order valence-electron chi connectivity index (χ0n) is 17.3. The van der Waals surface area contributed by atoms with Gasteiger partial charge in [0, 0.05) is 11.8 Å². The molecule has 3 N–H and O–H groups in total. The van der Waals surface area contributed by atoms with Gasteiger partial charge in [-0.05, 0) is 67.9 Å². The molecule has 2 aromatic carbocycles. The van der Waals surface area contributed by atoms with E-state index in [-0.39, 0.29) is 16.9 Å². The maximum absolute atomic E-state index is 13.1. The summed E-state index contributed by atoms with van der Waals surface area (Å²) in [6, 6.07) is 11.3. The van der Waals surface area contributed by atoms with E-state index in [0.29, 0.717) is 18.0 Å². The quantitative estimate of drug-likeness (QED) is 0.563. The molecule has 10 heteroatoms. The number of hydrogen-bond acceptors (Lipinski definition) is 5. The lowest BCUT2D eigenvalue weighted by atomic mass is 10.0. The van der Waals surface area contributed by atoms with Gasteiger partial charge in [-0.1, -0.05) is 0 Å². The van der Waals surface area contributed by atoms with Crippen molar-refractivity contribution in [3.63, 3.8) is 0 Å². The molecule has 0 radical (unpaired) electrons. The molecule has 0 bridgehead atoms. The molecular formula is C22H21F3N4O3. The zero-order chi connectivity index (χ0) is 23.5. The number of nitrogens with zero attached hydrogens (tertiary/aromatic N) is 2. The molecule has 0 aliphatic carbocycles. The number of benzene rings is 2. The van der Waals surface area contributed by atoms with Crippen molar-refractivity contribution < 1.29 is 22.7 Å². The van der Waals surface area contributed by atoms with Crippen molar-refractivity contribution in [3.05, 3.63) is 81.8 Å². The maximum atomic E-state index is 13.1. The summed E-state index contributed by atoms with van der Waals surface area (Å²) >= 11 is 0. The second-order valence-electron chi connectivity index (χ2n) is 6.98. The molecule has 1 atom stereocenters. The van der Waals surface area contributed by atoms with Crippen LogP contribution in [-0.2, 0) is 6.18 Å². The van der Waals surface area contributed by atoms with Crippen LogP contribution in [0, 0.1) is 0 Å². The number of ether oxygens (including phenoxy) is 1. The van der Waals surface area contributed by atoms with Gasteiger partial charge in [0.15, 0.2) is 0 Å². The Bertz CT molecular complexity index is 1170.